The van der Waals surface area contributed by atoms with Crippen LogP contribution in [0.5, 0.6) is 0 Å². The first kappa shape index (κ1) is 8.41. The molecule has 0 atom stereocenters. The summed E-state index contributed by atoms with van der Waals surface area (Å²) in [4.78, 5) is 4.29. The molecular formula is C10H16N4. The highest BCUT2D eigenvalue weighted by Crippen LogP contribution is 2.30. The maximum Gasteiger partial charge on any atom is 0.140 e. The molecule has 0 spiro atoms. The lowest BCUT2D eigenvalue weighted by Crippen LogP contribution is -2.19. The van der Waals surface area contributed by atoms with Gasteiger partial charge in [-0.25, -0.2) is 9.67 Å². The lowest BCUT2D eigenvalue weighted by Gasteiger charge is -2.05. The molecule has 2 aliphatic rings. The Morgan fingerprint density at radius 3 is 2.93 bits per heavy atom. The van der Waals surface area contributed by atoms with Crippen LogP contribution >= 0.6 is 0 Å². The molecule has 4 nitrogen and oxygen atoms in total. The average Bonchev–Trinajstić information content (AvgIpc) is 3.05. The van der Waals surface area contributed by atoms with E-state index in [0.29, 0.717) is 0 Å². The predicted molar refractivity (Wildman–Crippen MR) is 52.6 cm³/mol. The minimum atomic E-state index is 0.751. The molecule has 0 radical (unpaired) electrons. The van der Waals surface area contributed by atoms with E-state index in [-0.39, 0.29) is 0 Å². The van der Waals surface area contributed by atoms with Crippen LogP contribution in [-0.4, -0.2) is 20.8 Å². The molecule has 0 unspecified atom stereocenters. The minimum absolute atomic E-state index is 0.751. The summed E-state index contributed by atoms with van der Waals surface area (Å²) in [5.41, 5.74) is 0. The van der Waals surface area contributed by atoms with Crippen LogP contribution in [0.1, 0.15) is 31.5 Å². The largest absolute Gasteiger partial charge is 0.307 e. The van der Waals surface area contributed by atoms with E-state index in [1.807, 2.05) is 0 Å². The topological polar surface area (TPSA) is 42.7 Å². The van der Waals surface area contributed by atoms with E-state index >= 15 is 0 Å². The fourth-order valence-electron chi connectivity index (χ4n) is 1.65. The van der Waals surface area contributed by atoms with Gasteiger partial charge < -0.3 is 5.32 Å². The van der Waals surface area contributed by atoms with Gasteiger partial charge in [-0.1, -0.05) is 0 Å². The lowest BCUT2D eigenvalue weighted by atomic mass is 10.4. The summed E-state index contributed by atoms with van der Waals surface area (Å²) in [6.45, 7) is 1.96. The Morgan fingerprint density at radius 2 is 2.21 bits per heavy atom. The van der Waals surface area contributed by atoms with Gasteiger partial charge in [0.15, 0.2) is 0 Å². The molecule has 2 aliphatic carbocycles. The third-order valence-electron chi connectivity index (χ3n) is 2.95. The van der Waals surface area contributed by atoms with Gasteiger partial charge in [0.2, 0.25) is 0 Å². The highest BCUT2D eigenvalue weighted by molar-refractivity contribution is 4.90. The molecule has 1 heterocycles. The van der Waals surface area contributed by atoms with Crippen molar-refractivity contribution in [1.29, 1.82) is 0 Å². The first-order valence-corrected chi connectivity index (χ1v) is 5.52. The first-order valence-electron chi connectivity index (χ1n) is 5.52. The Morgan fingerprint density at radius 1 is 1.36 bits per heavy atom. The van der Waals surface area contributed by atoms with Crippen LogP contribution in [0, 0.1) is 5.92 Å². The Hall–Kier alpha value is -0.900. The molecule has 2 saturated carbocycles. The molecule has 14 heavy (non-hydrogen) atoms. The van der Waals surface area contributed by atoms with Crippen LogP contribution in [0.4, 0.5) is 0 Å². The van der Waals surface area contributed by atoms with Gasteiger partial charge in [0.1, 0.15) is 12.2 Å². The van der Waals surface area contributed by atoms with Crippen LogP contribution in [0.2, 0.25) is 0 Å². The van der Waals surface area contributed by atoms with E-state index in [1.165, 1.54) is 25.7 Å². The summed E-state index contributed by atoms with van der Waals surface area (Å²) in [7, 11) is 0. The minimum Gasteiger partial charge on any atom is -0.307 e. The Kier molecular flexibility index (Phi) is 2.01. The molecule has 0 saturated heterocycles. The number of nitrogens with zero attached hydrogens (tertiary/aromatic N) is 3. The fraction of sp³-hybridized carbons (Fsp3) is 0.800. The molecule has 3 rings (SSSR count). The van der Waals surface area contributed by atoms with Crippen molar-refractivity contribution in [3.05, 3.63) is 12.2 Å². The van der Waals surface area contributed by atoms with Gasteiger partial charge in [-0.05, 0) is 31.6 Å². The molecule has 0 aliphatic heterocycles. The van der Waals surface area contributed by atoms with Gasteiger partial charge in [0.05, 0.1) is 6.54 Å². The van der Waals surface area contributed by atoms with Crippen molar-refractivity contribution in [1.82, 2.24) is 20.1 Å². The number of hydrogen-bond acceptors (Lipinski definition) is 3. The van der Waals surface area contributed by atoms with Gasteiger partial charge in [0.25, 0.3) is 0 Å². The molecule has 1 aromatic rings. The maximum absolute atomic E-state index is 4.29. The zero-order valence-electron chi connectivity index (χ0n) is 8.32. The Balaban J connectivity index is 1.59. The smallest absolute Gasteiger partial charge is 0.140 e. The molecular weight excluding hydrogens is 176 g/mol. The van der Waals surface area contributed by atoms with Crippen LogP contribution in [0.15, 0.2) is 6.33 Å². The van der Waals surface area contributed by atoms with Crippen molar-refractivity contribution in [3.63, 3.8) is 0 Å². The van der Waals surface area contributed by atoms with Crippen LogP contribution < -0.4 is 5.32 Å². The van der Waals surface area contributed by atoms with Crippen molar-refractivity contribution in [3.8, 4) is 0 Å². The van der Waals surface area contributed by atoms with E-state index in [4.69, 9.17) is 0 Å². The number of nitrogens with one attached hydrogen (secondary N) is 1. The molecule has 1 N–H and O–H groups in total. The van der Waals surface area contributed by atoms with Crippen LogP contribution in [0.25, 0.3) is 0 Å². The third kappa shape index (κ3) is 1.95. The quantitative estimate of drug-likeness (QED) is 0.755. The highest BCUT2D eigenvalue weighted by atomic mass is 15.3. The summed E-state index contributed by atoms with van der Waals surface area (Å²) in [6, 6.07) is 0.751. The van der Waals surface area contributed by atoms with Gasteiger partial charge in [-0.15, -0.1) is 0 Å². The van der Waals surface area contributed by atoms with Crippen molar-refractivity contribution in [2.75, 3.05) is 0 Å². The zero-order chi connectivity index (χ0) is 9.38. The Labute approximate surface area is 83.7 Å². The summed E-state index contributed by atoms with van der Waals surface area (Å²) >= 11 is 0. The summed E-state index contributed by atoms with van der Waals surface area (Å²) < 4.78 is 2.06. The van der Waals surface area contributed by atoms with Crippen LogP contribution in [-0.2, 0) is 13.1 Å². The number of hydrogen-bond donors (Lipinski definition) is 1. The van der Waals surface area contributed by atoms with Gasteiger partial charge in [-0.2, -0.15) is 5.10 Å². The van der Waals surface area contributed by atoms with E-state index in [2.05, 4.69) is 20.1 Å². The predicted octanol–water partition coefficient (Wildman–Crippen LogP) is 0.940. The molecule has 76 valence electrons. The van der Waals surface area contributed by atoms with E-state index < -0.39 is 0 Å². The number of rotatable bonds is 5. The zero-order valence-corrected chi connectivity index (χ0v) is 8.32. The average molecular weight is 192 g/mol. The second-order valence-electron chi connectivity index (χ2n) is 4.46. The van der Waals surface area contributed by atoms with Crippen molar-refractivity contribution < 1.29 is 0 Å². The molecule has 0 amide bonds. The lowest BCUT2D eigenvalue weighted by molar-refractivity contribution is 0.516. The molecule has 1 aromatic heterocycles. The standard InChI is InChI=1S/C10H16N4/c1-2-8(1)6-14-10(12-7-13-14)5-11-9-3-4-9/h7-9,11H,1-6H2. The number of aromatic nitrogens is 3. The first-order chi connectivity index (χ1) is 6.92. The molecule has 2 fully saturated rings. The van der Waals surface area contributed by atoms with Crippen molar-refractivity contribution in [2.24, 2.45) is 5.92 Å². The molecule has 0 aromatic carbocycles. The highest BCUT2D eigenvalue weighted by Gasteiger charge is 2.24. The fourth-order valence-corrected chi connectivity index (χ4v) is 1.65. The Bertz CT molecular complexity index is 312. The molecule has 4 heteroatoms. The second-order valence-corrected chi connectivity index (χ2v) is 4.46. The SMILES string of the molecule is c1nc(CNC2CC2)n(CC2CC2)n1. The summed E-state index contributed by atoms with van der Waals surface area (Å²) in [6.07, 6.45) is 7.07. The second kappa shape index (κ2) is 3.35. The van der Waals surface area contributed by atoms with E-state index in [1.54, 1.807) is 6.33 Å². The summed E-state index contributed by atoms with van der Waals surface area (Å²) in [5, 5.41) is 7.73. The van der Waals surface area contributed by atoms with Gasteiger partial charge in [0, 0.05) is 12.6 Å². The summed E-state index contributed by atoms with van der Waals surface area (Å²) in [5.74, 6) is 1.97. The van der Waals surface area contributed by atoms with Crippen molar-refractivity contribution >= 4 is 0 Å². The van der Waals surface area contributed by atoms with Gasteiger partial charge >= 0.3 is 0 Å². The van der Waals surface area contributed by atoms with Crippen molar-refractivity contribution in [2.45, 2.75) is 44.8 Å². The van der Waals surface area contributed by atoms with E-state index in [9.17, 15) is 0 Å². The monoisotopic (exact) mass is 192 g/mol. The maximum atomic E-state index is 4.29. The third-order valence-corrected chi connectivity index (χ3v) is 2.95. The van der Waals surface area contributed by atoms with Gasteiger partial charge in [-0.3, -0.25) is 0 Å². The van der Waals surface area contributed by atoms with Crippen LogP contribution in [0.3, 0.4) is 0 Å². The molecule has 0 bridgehead atoms. The normalized spacial score (nSPS) is 21.4. The van der Waals surface area contributed by atoms with E-state index in [0.717, 1.165) is 30.9 Å².